The van der Waals surface area contributed by atoms with Crippen LogP contribution < -0.4 is 5.32 Å². The van der Waals surface area contributed by atoms with Crippen LogP contribution in [-0.2, 0) is 20.4 Å². The second-order valence-electron chi connectivity index (χ2n) is 5.46. The van der Waals surface area contributed by atoms with Gasteiger partial charge in [0.25, 0.3) is 0 Å². The third-order valence-corrected chi connectivity index (χ3v) is 4.80. The zero-order chi connectivity index (χ0) is 18.4. The second kappa shape index (κ2) is 8.17. The van der Waals surface area contributed by atoms with Crippen molar-refractivity contribution in [1.29, 1.82) is 0 Å². The summed E-state index contributed by atoms with van der Waals surface area (Å²) in [7, 11) is -3.67. The lowest BCUT2D eigenvalue weighted by molar-refractivity contribution is -0.118. The Kier molecular flexibility index (Phi) is 6.22. The van der Waals surface area contributed by atoms with Gasteiger partial charge in [-0.05, 0) is 28.8 Å². The van der Waals surface area contributed by atoms with Crippen molar-refractivity contribution in [2.75, 3.05) is 18.9 Å². The van der Waals surface area contributed by atoms with E-state index in [9.17, 15) is 22.0 Å². The molecule has 0 heterocycles. The standard InChI is InChI=1S/C17H17F2NO4S/c18-15-7-14(8-16(19)9-15)13-3-1-12(2-4-13)10-25(23,24)11-17(22)20-5-6-21/h1-4,7-9,21H,5-6,10-11H2,(H,20,22). The van der Waals surface area contributed by atoms with Crippen LogP contribution in [0.4, 0.5) is 8.78 Å². The number of sulfone groups is 1. The van der Waals surface area contributed by atoms with Crippen LogP contribution in [0.5, 0.6) is 0 Å². The van der Waals surface area contributed by atoms with Gasteiger partial charge in [0, 0.05) is 12.6 Å². The lowest BCUT2D eigenvalue weighted by Gasteiger charge is -2.07. The summed E-state index contributed by atoms with van der Waals surface area (Å²) < 4.78 is 50.5. The summed E-state index contributed by atoms with van der Waals surface area (Å²) in [6.07, 6.45) is 0. The lowest BCUT2D eigenvalue weighted by atomic mass is 10.0. The van der Waals surface area contributed by atoms with Crippen LogP contribution in [0.25, 0.3) is 11.1 Å². The number of carbonyl (C=O) groups is 1. The first kappa shape index (κ1) is 19.0. The largest absolute Gasteiger partial charge is 0.395 e. The van der Waals surface area contributed by atoms with Crippen LogP contribution in [-0.4, -0.2) is 38.3 Å². The van der Waals surface area contributed by atoms with Gasteiger partial charge in [-0.3, -0.25) is 4.79 Å². The van der Waals surface area contributed by atoms with E-state index in [1.165, 1.54) is 24.3 Å². The predicted molar refractivity (Wildman–Crippen MR) is 89.4 cm³/mol. The van der Waals surface area contributed by atoms with E-state index in [4.69, 9.17) is 5.11 Å². The molecule has 8 heteroatoms. The van der Waals surface area contributed by atoms with Gasteiger partial charge in [-0.2, -0.15) is 0 Å². The lowest BCUT2D eigenvalue weighted by Crippen LogP contribution is -2.32. The molecule has 2 rings (SSSR count). The Hall–Kier alpha value is -2.32. The Morgan fingerprint density at radius 3 is 2.16 bits per heavy atom. The van der Waals surface area contributed by atoms with E-state index in [-0.39, 0.29) is 18.9 Å². The van der Waals surface area contributed by atoms with Crippen molar-refractivity contribution in [1.82, 2.24) is 5.32 Å². The van der Waals surface area contributed by atoms with E-state index in [0.717, 1.165) is 6.07 Å². The maximum absolute atomic E-state index is 13.3. The highest BCUT2D eigenvalue weighted by atomic mass is 32.2. The van der Waals surface area contributed by atoms with Crippen molar-refractivity contribution in [2.24, 2.45) is 0 Å². The topological polar surface area (TPSA) is 83.5 Å². The van der Waals surface area contributed by atoms with Crippen LogP contribution in [0, 0.1) is 11.6 Å². The van der Waals surface area contributed by atoms with Crippen LogP contribution in [0.1, 0.15) is 5.56 Å². The Morgan fingerprint density at radius 2 is 1.60 bits per heavy atom. The number of carbonyl (C=O) groups excluding carboxylic acids is 1. The van der Waals surface area contributed by atoms with Crippen molar-refractivity contribution in [3.05, 3.63) is 59.7 Å². The van der Waals surface area contributed by atoms with E-state index in [1.54, 1.807) is 12.1 Å². The first-order chi connectivity index (χ1) is 11.8. The molecule has 0 aromatic heterocycles. The molecule has 0 unspecified atom stereocenters. The Balaban J connectivity index is 2.08. The molecule has 0 atom stereocenters. The maximum Gasteiger partial charge on any atom is 0.235 e. The number of nitrogens with one attached hydrogen (secondary N) is 1. The summed E-state index contributed by atoms with van der Waals surface area (Å²) in [5.41, 5.74) is 1.34. The zero-order valence-electron chi connectivity index (χ0n) is 13.2. The summed E-state index contributed by atoms with van der Waals surface area (Å²) >= 11 is 0. The molecule has 134 valence electrons. The molecule has 0 fully saturated rings. The maximum atomic E-state index is 13.3. The van der Waals surface area contributed by atoms with E-state index in [1.807, 2.05) is 0 Å². The van der Waals surface area contributed by atoms with Crippen molar-refractivity contribution < 1.29 is 27.1 Å². The van der Waals surface area contributed by atoms with Gasteiger partial charge in [0.1, 0.15) is 17.4 Å². The number of hydrogen-bond donors (Lipinski definition) is 2. The molecule has 0 spiro atoms. The first-order valence-electron chi connectivity index (χ1n) is 7.42. The quantitative estimate of drug-likeness (QED) is 0.778. The highest BCUT2D eigenvalue weighted by molar-refractivity contribution is 7.91. The smallest absolute Gasteiger partial charge is 0.235 e. The molecule has 2 aromatic rings. The number of rotatable bonds is 7. The molecule has 0 aliphatic carbocycles. The third-order valence-electron chi connectivity index (χ3n) is 3.32. The fraction of sp³-hybridized carbons (Fsp3) is 0.235. The van der Waals surface area contributed by atoms with Crippen LogP contribution in [0.15, 0.2) is 42.5 Å². The molecular formula is C17H17F2NO4S. The Labute approximate surface area is 144 Å². The van der Waals surface area contributed by atoms with Crippen LogP contribution >= 0.6 is 0 Å². The first-order valence-corrected chi connectivity index (χ1v) is 9.24. The molecule has 2 aromatic carbocycles. The summed E-state index contributed by atoms with van der Waals surface area (Å²) in [6.45, 7) is -0.277. The van der Waals surface area contributed by atoms with Gasteiger partial charge in [0.15, 0.2) is 9.84 Å². The molecular weight excluding hydrogens is 352 g/mol. The van der Waals surface area contributed by atoms with Crippen LogP contribution in [0.3, 0.4) is 0 Å². The monoisotopic (exact) mass is 369 g/mol. The minimum Gasteiger partial charge on any atom is -0.395 e. The summed E-state index contributed by atoms with van der Waals surface area (Å²) in [4.78, 5) is 11.4. The van der Waals surface area contributed by atoms with Gasteiger partial charge in [0.2, 0.25) is 5.91 Å². The number of benzene rings is 2. The number of aliphatic hydroxyl groups excluding tert-OH is 1. The molecule has 0 saturated carbocycles. The summed E-state index contributed by atoms with van der Waals surface area (Å²) in [5.74, 6) is -3.09. The van der Waals surface area contributed by atoms with Gasteiger partial charge < -0.3 is 10.4 Å². The molecule has 1 amide bonds. The normalized spacial score (nSPS) is 11.3. The van der Waals surface area contributed by atoms with Crippen molar-refractivity contribution in [3.63, 3.8) is 0 Å². The zero-order valence-corrected chi connectivity index (χ0v) is 14.0. The van der Waals surface area contributed by atoms with E-state index in [2.05, 4.69) is 5.32 Å². The molecule has 2 N–H and O–H groups in total. The Bertz CT molecular complexity index is 831. The SMILES string of the molecule is O=C(CS(=O)(=O)Cc1ccc(-c2cc(F)cc(F)c2)cc1)NCCO. The fourth-order valence-electron chi connectivity index (χ4n) is 2.26. The average Bonchev–Trinajstić information content (AvgIpc) is 2.51. The number of amides is 1. The third kappa shape index (κ3) is 5.91. The highest BCUT2D eigenvalue weighted by Crippen LogP contribution is 2.22. The average molecular weight is 369 g/mol. The van der Waals surface area contributed by atoms with Gasteiger partial charge in [-0.25, -0.2) is 17.2 Å². The molecule has 0 radical (unpaired) electrons. The molecule has 5 nitrogen and oxygen atoms in total. The minimum atomic E-state index is -3.67. The number of hydrogen-bond acceptors (Lipinski definition) is 4. The molecule has 0 aliphatic rings. The van der Waals surface area contributed by atoms with Gasteiger partial charge in [0.05, 0.1) is 12.4 Å². The second-order valence-corrected chi connectivity index (χ2v) is 7.53. The molecule has 0 aliphatic heterocycles. The van der Waals surface area contributed by atoms with Gasteiger partial charge >= 0.3 is 0 Å². The minimum absolute atomic E-state index is 0.00670. The van der Waals surface area contributed by atoms with Crippen molar-refractivity contribution in [2.45, 2.75) is 5.75 Å². The fourth-order valence-corrected chi connectivity index (χ4v) is 3.57. The summed E-state index contributed by atoms with van der Waals surface area (Å²) in [5, 5.41) is 10.9. The molecule has 0 saturated heterocycles. The van der Waals surface area contributed by atoms with Crippen LogP contribution in [0.2, 0.25) is 0 Å². The number of aliphatic hydroxyl groups is 1. The van der Waals surface area contributed by atoms with Crippen molar-refractivity contribution in [3.8, 4) is 11.1 Å². The van der Waals surface area contributed by atoms with Gasteiger partial charge in [-0.15, -0.1) is 0 Å². The van der Waals surface area contributed by atoms with E-state index < -0.39 is 33.1 Å². The summed E-state index contributed by atoms with van der Waals surface area (Å²) in [6, 6.07) is 9.31. The molecule has 0 bridgehead atoms. The number of halogens is 2. The predicted octanol–water partition coefficient (Wildman–Crippen LogP) is 1.66. The Morgan fingerprint density at radius 1 is 1.00 bits per heavy atom. The van der Waals surface area contributed by atoms with Crippen molar-refractivity contribution >= 4 is 15.7 Å². The van der Waals surface area contributed by atoms with E-state index in [0.29, 0.717) is 16.7 Å². The molecule has 25 heavy (non-hydrogen) atoms. The van der Waals surface area contributed by atoms with Gasteiger partial charge in [-0.1, -0.05) is 24.3 Å². The van der Waals surface area contributed by atoms with E-state index >= 15 is 0 Å². The highest BCUT2D eigenvalue weighted by Gasteiger charge is 2.17.